The van der Waals surface area contributed by atoms with Gasteiger partial charge in [-0.1, -0.05) is 24.3 Å². The molecule has 182 valence electrons. The van der Waals surface area contributed by atoms with Gasteiger partial charge in [0.25, 0.3) is 5.91 Å². The lowest BCUT2D eigenvalue weighted by molar-refractivity contribution is -0.274. The molecule has 0 saturated carbocycles. The van der Waals surface area contributed by atoms with Crippen molar-refractivity contribution in [1.82, 2.24) is 10.2 Å². The van der Waals surface area contributed by atoms with Crippen LogP contribution in [0.15, 0.2) is 72.8 Å². The van der Waals surface area contributed by atoms with Gasteiger partial charge < -0.3 is 10.1 Å². The van der Waals surface area contributed by atoms with Gasteiger partial charge in [-0.2, -0.15) is 10.5 Å². The van der Waals surface area contributed by atoms with Gasteiger partial charge in [-0.3, -0.25) is 9.69 Å². The van der Waals surface area contributed by atoms with Crippen LogP contribution in [0.3, 0.4) is 0 Å². The van der Waals surface area contributed by atoms with Crippen molar-refractivity contribution >= 4 is 5.91 Å². The zero-order valence-electron chi connectivity index (χ0n) is 19.0. The van der Waals surface area contributed by atoms with Crippen LogP contribution in [0.5, 0.6) is 5.75 Å². The van der Waals surface area contributed by atoms with E-state index in [9.17, 15) is 18.0 Å². The summed E-state index contributed by atoms with van der Waals surface area (Å²) in [6.07, 6.45) is -4.11. The van der Waals surface area contributed by atoms with Crippen LogP contribution in [0.25, 0.3) is 0 Å². The summed E-state index contributed by atoms with van der Waals surface area (Å²) in [5.41, 5.74) is 3.29. The SMILES string of the molecule is N#Cc1ccc(C(c2ccc(C#N)cc2)N2CC[C@@H](NC(=O)c3ccc(OC(F)(F)F)cc3)C2)cc1. The standard InChI is InChI=1S/C27H21F3N4O2/c28-27(29,30)36-24-11-9-22(10-12-24)26(35)33-23-13-14-34(17-23)25(20-5-1-18(15-31)2-6-20)21-7-3-19(16-32)4-8-21/h1-12,23,25H,13-14,17H2,(H,33,35)/t23-/m1/s1. The Morgan fingerprint density at radius 2 is 1.44 bits per heavy atom. The highest BCUT2D eigenvalue weighted by molar-refractivity contribution is 5.94. The molecule has 1 aliphatic heterocycles. The molecule has 3 aromatic carbocycles. The molecule has 1 N–H and O–H groups in total. The minimum Gasteiger partial charge on any atom is -0.406 e. The summed E-state index contributed by atoms with van der Waals surface area (Å²) >= 11 is 0. The largest absolute Gasteiger partial charge is 0.573 e. The van der Waals surface area contributed by atoms with Gasteiger partial charge in [0.1, 0.15) is 5.75 Å². The Labute approximate surface area is 206 Å². The molecule has 1 aliphatic rings. The summed E-state index contributed by atoms with van der Waals surface area (Å²) < 4.78 is 40.9. The number of nitrogens with zero attached hydrogens (tertiary/aromatic N) is 3. The summed E-state index contributed by atoms with van der Waals surface area (Å²) in [5, 5.41) is 21.2. The van der Waals surface area contributed by atoms with E-state index in [0.29, 0.717) is 30.6 Å². The summed E-state index contributed by atoms with van der Waals surface area (Å²) in [5.74, 6) is -0.771. The lowest BCUT2D eigenvalue weighted by Crippen LogP contribution is -2.38. The van der Waals surface area contributed by atoms with Crippen molar-refractivity contribution in [3.63, 3.8) is 0 Å². The van der Waals surface area contributed by atoms with Gasteiger partial charge in [-0.15, -0.1) is 13.2 Å². The van der Waals surface area contributed by atoms with Gasteiger partial charge in [0, 0.05) is 24.7 Å². The van der Waals surface area contributed by atoms with E-state index in [1.807, 2.05) is 24.3 Å². The molecular formula is C27H21F3N4O2. The van der Waals surface area contributed by atoms with Crippen LogP contribution in [-0.4, -0.2) is 36.3 Å². The van der Waals surface area contributed by atoms with Crippen LogP contribution in [0.1, 0.15) is 45.1 Å². The van der Waals surface area contributed by atoms with Crippen molar-refractivity contribution in [2.75, 3.05) is 13.1 Å². The molecule has 1 fully saturated rings. The van der Waals surface area contributed by atoms with Gasteiger partial charge in [-0.05, 0) is 66.1 Å². The Morgan fingerprint density at radius 3 is 1.92 bits per heavy atom. The van der Waals surface area contributed by atoms with Crippen molar-refractivity contribution in [3.05, 3.63) is 101 Å². The molecule has 0 unspecified atom stereocenters. The Kier molecular flexibility index (Phi) is 7.23. The first-order chi connectivity index (χ1) is 17.3. The molecule has 1 heterocycles. The molecule has 1 saturated heterocycles. The molecule has 1 amide bonds. The number of nitrogens with one attached hydrogen (secondary N) is 1. The molecule has 0 aliphatic carbocycles. The number of amides is 1. The topological polar surface area (TPSA) is 89.2 Å². The van der Waals surface area contributed by atoms with E-state index in [4.69, 9.17) is 10.5 Å². The number of carbonyl (C=O) groups is 1. The maximum atomic E-state index is 12.7. The van der Waals surface area contributed by atoms with E-state index < -0.39 is 12.1 Å². The normalized spacial score (nSPS) is 15.8. The second-order valence-electron chi connectivity index (χ2n) is 8.40. The van der Waals surface area contributed by atoms with E-state index in [-0.39, 0.29) is 23.6 Å². The zero-order valence-corrected chi connectivity index (χ0v) is 19.0. The van der Waals surface area contributed by atoms with Gasteiger partial charge in [0.2, 0.25) is 0 Å². The Hall–Kier alpha value is -4.34. The number of benzene rings is 3. The fourth-order valence-electron chi connectivity index (χ4n) is 4.31. The predicted octanol–water partition coefficient (Wildman–Crippen LogP) is 4.92. The lowest BCUT2D eigenvalue weighted by atomic mass is 9.95. The summed E-state index contributed by atoms with van der Waals surface area (Å²) in [7, 11) is 0. The highest BCUT2D eigenvalue weighted by Crippen LogP contribution is 2.32. The minimum atomic E-state index is -4.79. The quantitative estimate of drug-likeness (QED) is 0.530. The number of alkyl halides is 3. The molecule has 4 rings (SSSR count). The predicted molar refractivity (Wildman–Crippen MR) is 125 cm³/mol. The van der Waals surface area contributed by atoms with E-state index in [1.54, 1.807) is 24.3 Å². The van der Waals surface area contributed by atoms with Crippen molar-refractivity contribution in [2.24, 2.45) is 0 Å². The molecule has 36 heavy (non-hydrogen) atoms. The number of rotatable bonds is 6. The monoisotopic (exact) mass is 490 g/mol. The lowest BCUT2D eigenvalue weighted by Gasteiger charge is -2.29. The minimum absolute atomic E-state index is 0.147. The number of hydrogen-bond donors (Lipinski definition) is 1. The van der Waals surface area contributed by atoms with Crippen LogP contribution in [-0.2, 0) is 0 Å². The first-order valence-corrected chi connectivity index (χ1v) is 11.2. The van der Waals surface area contributed by atoms with E-state index in [1.165, 1.54) is 12.1 Å². The number of nitriles is 2. The van der Waals surface area contributed by atoms with Gasteiger partial charge >= 0.3 is 6.36 Å². The highest BCUT2D eigenvalue weighted by Gasteiger charge is 2.32. The second-order valence-corrected chi connectivity index (χ2v) is 8.40. The van der Waals surface area contributed by atoms with Gasteiger partial charge in [-0.25, -0.2) is 0 Å². The average Bonchev–Trinajstić information content (AvgIpc) is 3.32. The highest BCUT2D eigenvalue weighted by atomic mass is 19.4. The molecule has 0 spiro atoms. The number of carbonyl (C=O) groups excluding carboxylic acids is 1. The van der Waals surface area contributed by atoms with E-state index >= 15 is 0 Å². The zero-order chi connectivity index (χ0) is 25.7. The van der Waals surface area contributed by atoms with Crippen molar-refractivity contribution in [3.8, 4) is 17.9 Å². The second kappa shape index (κ2) is 10.5. The van der Waals surface area contributed by atoms with Gasteiger partial charge in [0.05, 0.1) is 29.3 Å². The van der Waals surface area contributed by atoms with Crippen molar-refractivity contribution in [2.45, 2.75) is 24.9 Å². The van der Waals surface area contributed by atoms with E-state index in [0.717, 1.165) is 23.3 Å². The van der Waals surface area contributed by atoms with Crippen LogP contribution in [0.4, 0.5) is 13.2 Å². The number of hydrogen-bond acceptors (Lipinski definition) is 5. The molecule has 6 nitrogen and oxygen atoms in total. The van der Waals surface area contributed by atoms with Crippen molar-refractivity contribution in [1.29, 1.82) is 10.5 Å². The number of likely N-dealkylation sites (tertiary alicyclic amines) is 1. The smallest absolute Gasteiger partial charge is 0.406 e. The first kappa shape index (κ1) is 24.8. The fraction of sp³-hybridized carbons (Fsp3) is 0.222. The summed E-state index contributed by atoms with van der Waals surface area (Å²) in [6.45, 7) is 1.24. The Balaban J connectivity index is 1.48. The first-order valence-electron chi connectivity index (χ1n) is 11.2. The molecule has 3 aromatic rings. The fourth-order valence-corrected chi connectivity index (χ4v) is 4.31. The molecule has 1 atom stereocenters. The third-order valence-corrected chi connectivity index (χ3v) is 5.98. The van der Waals surface area contributed by atoms with Crippen LogP contribution in [0, 0.1) is 22.7 Å². The van der Waals surface area contributed by atoms with Crippen LogP contribution >= 0.6 is 0 Å². The van der Waals surface area contributed by atoms with Crippen molar-refractivity contribution < 1.29 is 22.7 Å². The van der Waals surface area contributed by atoms with Crippen LogP contribution < -0.4 is 10.1 Å². The number of ether oxygens (including phenoxy) is 1. The maximum Gasteiger partial charge on any atom is 0.573 e. The van der Waals surface area contributed by atoms with Crippen LogP contribution in [0.2, 0.25) is 0 Å². The average molecular weight is 490 g/mol. The van der Waals surface area contributed by atoms with E-state index in [2.05, 4.69) is 27.1 Å². The Morgan fingerprint density at radius 1 is 0.917 bits per heavy atom. The molecule has 0 radical (unpaired) electrons. The molecule has 0 aromatic heterocycles. The number of halogens is 3. The maximum absolute atomic E-state index is 12.7. The molecule has 0 bridgehead atoms. The summed E-state index contributed by atoms with van der Waals surface area (Å²) in [4.78, 5) is 14.9. The van der Waals surface area contributed by atoms with Gasteiger partial charge in [0.15, 0.2) is 0 Å². The molecule has 9 heteroatoms. The Bertz CT molecular complexity index is 1230. The third-order valence-electron chi connectivity index (χ3n) is 5.98. The summed E-state index contributed by atoms with van der Waals surface area (Å²) in [6, 6.07) is 23.3. The third kappa shape index (κ3) is 6.01. The molecular weight excluding hydrogens is 469 g/mol.